The van der Waals surface area contributed by atoms with Crippen molar-refractivity contribution in [1.82, 2.24) is 4.98 Å². The first-order valence-corrected chi connectivity index (χ1v) is 8.58. The van der Waals surface area contributed by atoms with E-state index in [2.05, 4.69) is 54.5 Å². The average Bonchev–Trinajstić information content (AvgIpc) is 2.60. The molecule has 1 aliphatic rings. The van der Waals surface area contributed by atoms with E-state index < -0.39 is 0 Å². The van der Waals surface area contributed by atoms with Crippen LogP contribution in [-0.2, 0) is 6.42 Å². The molecule has 0 radical (unpaired) electrons. The van der Waals surface area contributed by atoms with Crippen molar-refractivity contribution < 1.29 is 0 Å². The second-order valence-corrected chi connectivity index (χ2v) is 8.04. The van der Waals surface area contributed by atoms with Gasteiger partial charge in [-0.15, -0.1) is 0 Å². The third-order valence-corrected chi connectivity index (χ3v) is 5.37. The molecule has 4 heteroatoms. The molecule has 1 aromatic rings. The quantitative estimate of drug-likeness (QED) is 0.926. The highest BCUT2D eigenvalue weighted by molar-refractivity contribution is 8.00. The van der Waals surface area contributed by atoms with Crippen LogP contribution < -0.4 is 10.6 Å². The first kappa shape index (κ1) is 15.6. The van der Waals surface area contributed by atoms with Crippen LogP contribution in [0.5, 0.6) is 0 Å². The Morgan fingerprint density at radius 1 is 1.40 bits per heavy atom. The zero-order valence-corrected chi connectivity index (χ0v) is 13.7. The van der Waals surface area contributed by atoms with Gasteiger partial charge >= 0.3 is 0 Å². The molecule has 1 fully saturated rings. The van der Waals surface area contributed by atoms with Gasteiger partial charge in [0, 0.05) is 35.8 Å². The normalized spacial score (nSPS) is 20.5. The maximum Gasteiger partial charge on any atom is 0.128 e. The van der Waals surface area contributed by atoms with Gasteiger partial charge in [-0.2, -0.15) is 11.8 Å². The van der Waals surface area contributed by atoms with E-state index in [1.165, 1.54) is 17.7 Å². The summed E-state index contributed by atoms with van der Waals surface area (Å²) in [5.74, 6) is 2.29. The van der Waals surface area contributed by atoms with Gasteiger partial charge in [-0.25, -0.2) is 4.98 Å². The number of aromatic nitrogens is 1. The second kappa shape index (κ2) is 6.81. The molecule has 0 aromatic carbocycles. The summed E-state index contributed by atoms with van der Waals surface area (Å²) in [6, 6.07) is 4.58. The Morgan fingerprint density at radius 2 is 2.20 bits per heavy atom. The number of hydrogen-bond acceptors (Lipinski definition) is 4. The van der Waals surface area contributed by atoms with Gasteiger partial charge in [0.25, 0.3) is 0 Å². The smallest absolute Gasteiger partial charge is 0.128 e. The summed E-state index contributed by atoms with van der Waals surface area (Å²) in [4.78, 5) is 7.05. The van der Waals surface area contributed by atoms with Crippen molar-refractivity contribution in [1.29, 1.82) is 0 Å². The zero-order valence-electron chi connectivity index (χ0n) is 12.9. The third-order valence-electron chi connectivity index (χ3n) is 3.99. The van der Waals surface area contributed by atoms with Crippen molar-refractivity contribution >= 4 is 17.6 Å². The van der Waals surface area contributed by atoms with Gasteiger partial charge in [-0.05, 0) is 30.9 Å². The molecule has 0 amide bonds. The van der Waals surface area contributed by atoms with Gasteiger partial charge in [-0.3, -0.25) is 0 Å². The first-order chi connectivity index (χ1) is 9.50. The fraction of sp³-hybridized carbons (Fsp3) is 0.688. The molecule has 112 valence electrons. The summed E-state index contributed by atoms with van der Waals surface area (Å²) in [6.07, 6.45) is 5.14. The Morgan fingerprint density at radius 3 is 2.85 bits per heavy atom. The summed E-state index contributed by atoms with van der Waals surface area (Å²) in [6.45, 7) is 8.99. The van der Waals surface area contributed by atoms with Crippen molar-refractivity contribution in [3.05, 3.63) is 23.9 Å². The molecule has 1 unspecified atom stereocenters. The van der Waals surface area contributed by atoms with Crippen LogP contribution >= 0.6 is 11.8 Å². The summed E-state index contributed by atoms with van der Waals surface area (Å²) >= 11 is 2.07. The minimum atomic E-state index is 0.248. The van der Waals surface area contributed by atoms with Crippen LogP contribution in [0.3, 0.4) is 0 Å². The summed E-state index contributed by atoms with van der Waals surface area (Å²) in [5, 5.41) is 0. The molecule has 2 heterocycles. The van der Waals surface area contributed by atoms with Crippen molar-refractivity contribution in [3.63, 3.8) is 0 Å². The monoisotopic (exact) mass is 293 g/mol. The van der Waals surface area contributed by atoms with Crippen LogP contribution in [0.15, 0.2) is 18.3 Å². The predicted molar refractivity (Wildman–Crippen MR) is 89.6 cm³/mol. The molecule has 2 rings (SSSR count). The van der Waals surface area contributed by atoms with Crippen LogP contribution in [0.2, 0.25) is 0 Å². The summed E-state index contributed by atoms with van der Waals surface area (Å²) in [7, 11) is 0. The standard InChI is InChI=1S/C16H27N3S/c1-4-14(17)11-13-5-6-15(18-12-13)19-8-7-16(2,3)20-10-9-19/h5-6,12,14H,4,7-11,17H2,1-3H3. The Kier molecular flexibility index (Phi) is 5.33. The van der Waals surface area contributed by atoms with Crippen LogP contribution in [0, 0.1) is 0 Å². The third kappa shape index (κ3) is 4.38. The maximum absolute atomic E-state index is 6.00. The number of hydrogen-bond donors (Lipinski definition) is 1. The van der Waals surface area contributed by atoms with Gasteiger partial charge < -0.3 is 10.6 Å². The molecule has 0 aliphatic carbocycles. The Balaban J connectivity index is 1.99. The van der Waals surface area contributed by atoms with Crippen molar-refractivity contribution in [2.45, 2.75) is 50.8 Å². The molecule has 0 saturated carbocycles. The van der Waals surface area contributed by atoms with Gasteiger partial charge in [-0.1, -0.05) is 26.8 Å². The Bertz CT molecular complexity index is 416. The molecule has 20 heavy (non-hydrogen) atoms. The lowest BCUT2D eigenvalue weighted by Crippen LogP contribution is -2.27. The van der Waals surface area contributed by atoms with E-state index in [0.29, 0.717) is 4.75 Å². The predicted octanol–water partition coefficient (Wildman–Crippen LogP) is 3.08. The molecule has 1 saturated heterocycles. The molecule has 1 atom stereocenters. The van der Waals surface area contributed by atoms with Crippen LogP contribution in [0.4, 0.5) is 5.82 Å². The SMILES string of the molecule is CCC(N)Cc1ccc(N2CCSC(C)(C)CC2)nc1. The molecular weight excluding hydrogens is 266 g/mol. The molecule has 0 spiro atoms. The lowest BCUT2D eigenvalue weighted by molar-refractivity contribution is 0.633. The lowest BCUT2D eigenvalue weighted by atomic mass is 10.1. The van der Waals surface area contributed by atoms with Crippen LogP contribution in [0.1, 0.15) is 39.2 Å². The van der Waals surface area contributed by atoms with E-state index in [4.69, 9.17) is 5.73 Å². The lowest BCUT2D eigenvalue weighted by Gasteiger charge is -2.23. The van der Waals surface area contributed by atoms with E-state index in [1.807, 2.05) is 6.20 Å². The number of anilines is 1. The highest BCUT2D eigenvalue weighted by Crippen LogP contribution is 2.31. The van der Waals surface area contributed by atoms with Crippen molar-refractivity contribution in [2.24, 2.45) is 5.73 Å². The first-order valence-electron chi connectivity index (χ1n) is 7.59. The van der Waals surface area contributed by atoms with Crippen molar-refractivity contribution in [3.8, 4) is 0 Å². The molecule has 1 aromatic heterocycles. The summed E-state index contributed by atoms with van der Waals surface area (Å²) < 4.78 is 0.391. The van der Waals surface area contributed by atoms with E-state index in [1.54, 1.807) is 0 Å². The van der Waals surface area contributed by atoms with Crippen molar-refractivity contribution in [2.75, 3.05) is 23.7 Å². The number of pyridine rings is 1. The molecule has 2 N–H and O–H groups in total. The Hall–Kier alpha value is -0.740. The number of nitrogens with zero attached hydrogens (tertiary/aromatic N) is 2. The van der Waals surface area contributed by atoms with Gasteiger partial charge in [0.05, 0.1) is 0 Å². The number of thioether (sulfide) groups is 1. The van der Waals surface area contributed by atoms with Gasteiger partial charge in [0.1, 0.15) is 5.82 Å². The minimum absolute atomic E-state index is 0.248. The number of nitrogens with two attached hydrogens (primary N) is 1. The van der Waals surface area contributed by atoms with Crippen LogP contribution in [-0.4, -0.2) is 34.6 Å². The summed E-state index contributed by atoms with van der Waals surface area (Å²) in [5.41, 5.74) is 7.24. The Labute approximate surface area is 127 Å². The maximum atomic E-state index is 6.00. The average molecular weight is 293 g/mol. The molecule has 0 bridgehead atoms. The number of rotatable bonds is 4. The largest absolute Gasteiger partial charge is 0.356 e. The fourth-order valence-electron chi connectivity index (χ4n) is 2.42. The van der Waals surface area contributed by atoms with E-state index >= 15 is 0 Å². The van der Waals surface area contributed by atoms with E-state index in [-0.39, 0.29) is 6.04 Å². The van der Waals surface area contributed by atoms with E-state index in [0.717, 1.165) is 31.7 Å². The minimum Gasteiger partial charge on any atom is -0.356 e. The highest BCUT2D eigenvalue weighted by atomic mass is 32.2. The molecule has 3 nitrogen and oxygen atoms in total. The fourth-order valence-corrected chi connectivity index (χ4v) is 3.52. The highest BCUT2D eigenvalue weighted by Gasteiger charge is 2.24. The zero-order chi connectivity index (χ0) is 14.6. The van der Waals surface area contributed by atoms with E-state index in [9.17, 15) is 0 Å². The molecular formula is C16H27N3S. The van der Waals surface area contributed by atoms with Gasteiger partial charge in [0.15, 0.2) is 0 Å². The second-order valence-electron chi connectivity index (χ2n) is 6.24. The van der Waals surface area contributed by atoms with Gasteiger partial charge in [0.2, 0.25) is 0 Å². The van der Waals surface area contributed by atoms with Crippen LogP contribution in [0.25, 0.3) is 0 Å². The molecule has 1 aliphatic heterocycles. The topological polar surface area (TPSA) is 42.1 Å².